The molecule has 0 radical (unpaired) electrons. The predicted molar refractivity (Wildman–Crippen MR) is 102 cm³/mol. The molecule has 1 aliphatic heterocycles. The Morgan fingerprint density at radius 3 is 2.93 bits per heavy atom. The summed E-state index contributed by atoms with van der Waals surface area (Å²) in [5, 5.41) is 3.18. The number of anilines is 1. The van der Waals surface area contributed by atoms with Crippen LogP contribution in [0.5, 0.6) is 0 Å². The van der Waals surface area contributed by atoms with Gasteiger partial charge in [0.2, 0.25) is 5.95 Å². The van der Waals surface area contributed by atoms with Gasteiger partial charge >= 0.3 is 5.97 Å². The monoisotopic (exact) mass is 363 g/mol. The lowest BCUT2D eigenvalue weighted by molar-refractivity contribution is -0.138. The first-order chi connectivity index (χ1) is 13.1. The maximum atomic E-state index is 14.0. The Hall–Kier alpha value is -3.41. The molecule has 0 unspecified atom stereocenters. The van der Waals surface area contributed by atoms with Gasteiger partial charge in [0.15, 0.2) is 0 Å². The molecular formula is C21H18FN3O2. The Morgan fingerprint density at radius 1 is 1.33 bits per heavy atom. The molecule has 3 aromatic rings. The van der Waals surface area contributed by atoms with Crippen LogP contribution >= 0.6 is 0 Å². The average Bonchev–Trinajstić information content (AvgIpc) is 3.02. The van der Waals surface area contributed by atoms with Crippen LogP contribution in [0.1, 0.15) is 18.5 Å². The van der Waals surface area contributed by atoms with E-state index in [1.165, 1.54) is 18.2 Å². The van der Waals surface area contributed by atoms with Crippen LogP contribution in [-0.2, 0) is 9.53 Å². The first-order valence-corrected chi connectivity index (χ1v) is 8.58. The largest absolute Gasteiger partial charge is 0.458 e. The number of halogens is 1. The van der Waals surface area contributed by atoms with E-state index in [1.54, 1.807) is 19.1 Å². The Kier molecular flexibility index (Phi) is 4.24. The quantitative estimate of drug-likeness (QED) is 0.558. The van der Waals surface area contributed by atoms with Crippen molar-refractivity contribution in [2.75, 3.05) is 11.9 Å². The highest BCUT2D eigenvalue weighted by atomic mass is 19.1. The summed E-state index contributed by atoms with van der Waals surface area (Å²) in [6, 6.07) is 13.3. The van der Waals surface area contributed by atoms with Crippen LogP contribution in [-0.4, -0.2) is 22.1 Å². The number of nitrogens with one attached hydrogen (secondary N) is 1. The van der Waals surface area contributed by atoms with Gasteiger partial charge in [-0.25, -0.2) is 14.2 Å². The van der Waals surface area contributed by atoms with Crippen LogP contribution in [0.2, 0.25) is 0 Å². The van der Waals surface area contributed by atoms with E-state index in [1.807, 2.05) is 28.8 Å². The fourth-order valence-electron chi connectivity index (χ4n) is 3.43. The van der Waals surface area contributed by atoms with E-state index >= 15 is 0 Å². The van der Waals surface area contributed by atoms with Gasteiger partial charge in [0.05, 0.1) is 22.6 Å². The minimum absolute atomic E-state index is 0.100. The molecule has 5 nitrogen and oxygen atoms in total. The highest BCUT2D eigenvalue weighted by Crippen LogP contribution is 2.39. The van der Waals surface area contributed by atoms with Crippen molar-refractivity contribution in [2.45, 2.75) is 13.0 Å². The van der Waals surface area contributed by atoms with Crippen LogP contribution in [0.25, 0.3) is 11.0 Å². The van der Waals surface area contributed by atoms with Crippen LogP contribution < -0.4 is 5.32 Å². The van der Waals surface area contributed by atoms with Crippen molar-refractivity contribution in [1.29, 1.82) is 0 Å². The minimum atomic E-state index is -0.554. The van der Waals surface area contributed by atoms with E-state index in [2.05, 4.69) is 16.9 Å². The standard InChI is InChI=1S/C21H18FN3O2/c1-3-11-27-20(26)18-13(2)23-21-24-16-9-4-5-10-17(16)25(21)19(18)14-7-6-8-15(22)12-14/h3-10,12,19H,1,11H2,2H3,(H,23,24)/t19-/m0/s1. The number of imidazole rings is 1. The number of para-hydroxylation sites is 2. The van der Waals surface area contributed by atoms with Crippen molar-refractivity contribution < 1.29 is 13.9 Å². The Morgan fingerprint density at radius 2 is 2.15 bits per heavy atom. The molecule has 136 valence electrons. The number of aromatic nitrogens is 2. The number of carbonyl (C=O) groups is 1. The summed E-state index contributed by atoms with van der Waals surface area (Å²) in [7, 11) is 0. The molecule has 4 rings (SSSR count). The molecule has 1 atom stereocenters. The second-order valence-electron chi connectivity index (χ2n) is 6.30. The van der Waals surface area contributed by atoms with Gasteiger partial charge in [0.1, 0.15) is 12.4 Å². The number of hydrogen-bond donors (Lipinski definition) is 1. The van der Waals surface area contributed by atoms with Gasteiger partial charge < -0.3 is 10.1 Å². The summed E-state index contributed by atoms with van der Waals surface area (Å²) in [4.78, 5) is 17.4. The van der Waals surface area contributed by atoms with E-state index in [9.17, 15) is 9.18 Å². The molecule has 6 heteroatoms. The lowest BCUT2D eigenvalue weighted by Gasteiger charge is -2.30. The summed E-state index contributed by atoms with van der Waals surface area (Å²) in [5.41, 5.74) is 3.32. The molecule has 1 aliphatic rings. The van der Waals surface area contributed by atoms with Crippen LogP contribution in [0, 0.1) is 5.82 Å². The topological polar surface area (TPSA) is 56.1 Å². The minimum Gasteiger partial charge on any atom is -0.458 e. The molecular weight excluding hydrogens is 345 g/mol. The SMILES string of the molecule is C=CCOC(=O)C1=C(C)Nc2nc3ccccc3n2[C@H]1c1cccc(F)c1. The maximum absolute atomic E-state index is 14.0. The molecule has 0 fully saturated rings. The Balaban J connectivity index is 1.95. The molecule has 0 saturated heterocycles. The smallest absolute Gasteiger partial charge is 0.338 e. The number of carbonyl (C=O) groups excluding carboxylic acids is 1. The van der Waals surface area contributed by atoms with Crippen molar-refractivity contribution >= 4 is 23.0 Å². The molecule has 2 heterocycles. The average molecular weight is 363 g/mol. The van der Waals surface area contributed by atoms with Crippen LogP contribution in [0.3, 0.4) is 0 Å². The van der Waals surface area contributed by atoms with Gasteiger partial charge in [-0.3, -0.25) is 4.57 Å². The van der Waals surface area contributed by atoms with Gasteiger partial charge in [-0.05, 0) is 36.8 Å². The Labute approximate surface area is 155 Å². The van der Waals surface area contributed by atoms with E-state index in [-0.39, 0.29) is 12.4 Å². The third-order valence-electron chi connectivity index (χ3n) is 4.55. The van der Waals surface area contributed by atoms with Gasteiger partial charge in [0, 0.05) is 5.70 Å². The number of nitrogens with zero attached hydrogens (tertiary/aromatic N) is 2. The number of allylic oxidation sites excluding steroid dienone is 1. The number of hydrogen-bond acceptors (Lipinski definition) is 4. The van der Waals surface area contributed by atoms with Crippen molar-refractivity contribution in [3.8, 4) is 0 Å². The second kappa shape index (κ2) is 6.72. The van der Waals surface area contributed by atoms with Crippen molar-refractivity contribution in [2.24, 2.45) is 0 Å². The number of fused-ring (bicyclic) bond motifs is 3. The number of ether oxygens (including phenoxy) is 1. The molecule has 0 aliphatic carbocycles. The third kappa shape index (κ3) is 2.89. The van der Waals surface area contributed by atoms with E-state index in [0.29, 0.717) is 22.8 Å². The van der Waals surface area contributed by atoms with Gasteiger partial charge in [-0.1, -0.05) is 36.9 Å². The lowest BCUT2D eigenvalue weighted by atomic mass is 9.95. The zero-order valence-corrected chi connectivity index (χ0v) is 14.8. The van der Waals surface area contributed by atoms with Crippen molar-refractivity contribution in [3.63, 3.8) is 0 Å². The summed E-state index contributed by atoms with van der Waals surface area (Å²) in [6.07, 6.45) is 1.51. The summed E-state index contributed by atoms with van der Waals surface area (Å²) in [6.45, 7) is 5.47. The van der Waals surface area contributed by atoms with E-state index in [0.717, 1.165) is 11.0 Å². The first kappa shape index (κ1) is 17.0. The molecule has 1 aromatic heterocycles. The van der Waals surface area contributed by atoms with E-state index in [4.69, 9.17) is 4.74 Å². The fraction of sp³-hybridized carbons (Fsp3) is 0.143. The molecule has 2 aromatic carbocycles. The van der Waals surface area contributed by atoms with Crippen molar-refractivity contribution in [3.05, 3.63) is 83.8 Å². The lowest BCUT2D eigenvalue weighted by Crippen LogP contribution is -2.29. The molecule has 0 bridgehead atoms. The zero-order valence-electron chi connectivity index (χ0n) is 14.8. The molecule has 27 heavy (non-hydrogen) atoms. The summed E-state index contributed by atoms with van der Waals surface area (Å²) < 4.78 is 21.2. The van der Waals surface area contributed by atoms with Gasteiger partial charge in [-0.15, -0.1) is 0 Å². The highest BCUT2D eigenvalue weighted by molar-refractivity contribution is 5.94. The number of rotatable bonds is 4. The highest BCUT2D eigenvalue weighted by Gasteiger charge is 2.35. The third-order valence-corrected chi connectivity index (χ3v) is 4.55. The molecule has 0 spiro atoms. The second-order valence-corrected chi connectivity index (χ2v) is 6.30. The molecule has 0 saturated carbocycles. The predicted octanol–water partition coefficient (Wildman–Crippen LogP) is 4.19. The zero-order chi connectivity index (χ0) is 19.0. The summed E-state index contributed by atoms with van der Waals surface area (Å²) in [5.74, 6) is -0.241. The summed E-state index contributed by atoms with van der Waals surface area (Å²) >= 11 is 0. The van der Waals surface area contributed by atoms with E-state index < -0.39 is 12.0 Å². The van der Waals surface area contributed by atoms with Crippen LogP contribution in [0.15, 0.2) is 72.5 Å². The van der Waals surface area contributed by atoms with Gasteiger partial charge in [0.25, 0.3) is 0 Å². The first-order valence-electron chi connectivity index (χ1n) is 8.58. The number of benzene rings is 2. The molecule has 1 N–H and O–H groups in total. The molecule has 0 amide bonds. The maximum Gasteiger partial charge on any atom is 0.338 e. The normalized spacial score (nSPS) is 16.0. The van der Waals surface area contributed by atoms with Crippen LogP contribution in [0.4, 0.5) is 10.3 Å². The van der Waals surface area contributed by atoms with Crippen molar-refractivity contribution in [1.82, 2.24) is 9.55 Å². The fourth-order valence-corrected chi connectivity index (χ4v) is 3.43. The number of esters is 1. The Bertz CT molecular complexity index is 1080. The van der Waals surface area contributed by atoms with Gasteiger partial charge in [-0.2, -0.15) is 0 Å².